The van der Waals surface area contributed by atoms with Crippen LogP contribution in [0.15, 0.2) is 24.3 Å². The van der Waals surface area contributed by atoms with Crippen LogP contribution < -0.4 is 0 Å². The Morgan fingerprint density at radius 1 is 1.43 bits per heavy atom. The van der Waals surface area contributed by atoms with Crippen LogP contribution in [0, 0.1) is 0 Å². The molecule has 1 aliphatic heterocycles. The van der Waals surface area contributed by atoms with Gasteiger partial charge in [-0.15, -0.1) is 0 Å². The number of carbonyl (C=O) groups is 1. The summed E-state index contributed by atoms with van der Waals surface area (Å²) in [5.41, 5.74) is 1.62. The van der Waals surface area contributed by atoms with Gasteiger partial charge >= 0.3 is 5.97 Å². The summed E-state index contributed by atoms with van der Waals surface area (Å²) >= 11 is 0. The minimum Gasteiger partial charge on any atom is -0.480 e. The van der Waals surface area contributed by atoms with Crippen molar-refractivity contribution in [2.45, 2.75) is 51.3 Å². The number of hydrogen-bond acceptors (Lipinski definition) is 3. The van der Waals surface area contributed by atoms with Crippen molar-refractivity contribution in [2.75, 3.05) is 13.7 Å². The normalized spacial score (nSPS) is 22.6. The van der Waals surface area contributed by atoms with Crippen LogP contribution in [0.25, 0.3) is 0 Å². The van der Waals surface area contributed by atoms with Crippen LogP contribution in [-0.2, 0) is 22.7 Å². The molecule has 1 aromatic rings. The predicted molar refractivity (Wildman–Crippen MR) is 82.1 cm³/mol. The van der Waals surface area contributed by atoms with Crippen molar-refractivity contribution in [1.82, 2.24) is 4.90 Å². The summed E-state index contributed by atoms with van der Waals surface area (Å²) in [7, 11) is 1.68. The highest BCUT2D eigenvalue weighted by Gasteiger charge is 2.46. The highest BCUT2D eigenvalue weighted by atomic mass is 16.5. The molecule has 0 spiro atoms. The van der Waals surface area contributed by atoms with Gasteiger partial charge in [-0.25, -0.2) is 0 Å². The number of hydrogen-bond donors (Lipinski definition) is 1. The highest BCUT2D eigenvalue weighted by molar-refractivity contribution is 5.79. The number of carboxylic acid groups (broad SMARTS) is 1. The van der Waals surface area contributed by atoms with Crippen LogP contribution in [0.5, 0.6) is 0 Å². The number of methoxy groups -OCH3 is 1. The van der Waals surface area contributed by atoms with Crippen LogP contribution in [0.2, 0.25) is 0 Å². The van der Waals surface area contributed by atoms with E-state index in [4.69, 9.17) is 4.74 Å². The lowest BCUT2D eigenvalue weighted by atomic mass is 9.90. The highest BCUT2D eigenvalue weighted by Crippen LogP contribution is 2.35. The molecule has 0 aliphatic carbocycles. The summed E-state index contributed by atoms with van der Waals surface area (Å²) < 4.78 is 5.16. The maximum absolute atomic E-state index is 11.8. The predicted octanol–water partition coefficient (Wildman–Crippen LogP) is 3.05. The lowest BCUT2D eigenvalue weighted by Crippen LogP contribution is -2.49. The third kappa shape index (κ3) is 3.44. The number of carboxylic acids is 1. The fourth-order valence-corrected chi connectivity index (χ4v) is 3.42. The number of ether oxygens (including phenoxy) is 1. The van der Waals surface area contributed by atoms with Gasteiger partial charge in [0.2, 0.25) is 0 Å². The fraction of sp³-hybridized carbons (Fsp3) is 0.588. The topological polar surface area (TPSA) is 49.8 Å². The average molecular weight is 291 g/mol. The van der Waals surface area contributed by atoms with Crippen molar-refractivity contribution in [2.24, 2.45) is 0 Å². The quantitative estimate of drug-likeness (QED) is 0.839. The zero-order chi connectivity index (χ0) is 15.3. The second-order valence-corrected chi connectivity index (χ2v) is 5.86. The van der Waals surface area contributed by atoms with E-state index in [0.717, 1.165) is 43.4 Å². The summed E-state index contributed by atoms with van der Waals surface area (Å²) in [5.74, 6) is -0.671. The lowest BCUT2D eigenvalue weighted by Gasteiger charge is -2.34. The van der Waals surface area contributed by atoms with Crippen molar-refractivity contribution in [3.8, 4) is 0 Å². The molecule has 1 aliphatic rings. The van der Waals surface area contributed by atoms with Gasteiger partial charge in [-0.3, -0.25) is 9.69 Å². The van der Waals surface area contributed by atoms with Gasteiger partial charge in [0.1, 0.15) is 5.54 Å². The van der Waals surface area contributed by atoms with E-state index < -0.39 is 11.5 Å². The van der Waals surface area contributed by atoms with Crippen LogP contribution in [0.4, 0.5) is 0 Å². The first-order valence-corrected chi connectivity index (χ1v) is 7.67. The molecule has 21 heavy (non-hydrogen) atoms. The molecule has 1 heterocycles. The lowest BCUT2D eigenvalue weighted by molar-refractivity contribution is -0.150. The van der Waals surface area contributed by atoms with Crippen molar-refractivity contribution >= 4 is 5.97 Å². The van der Waals surface area contributed by atoms with E-state index in [9.17, 15) is 9.90 Å². The first kappa shape index (κ1) is 16.0. The van der Waals surface area contributed by atoms with Crippen LogP contribution in [0.1, 0.15) is 43.7 Å². The molecular weight excluding hydrogens is 266 g/mol. The molecule has 116 valence electrons. The van der Waals surface area contributed by atoms with E-state index in [1.165, 1.54) is 0 Å². The molecule has 1 fully saturated rings. The maximum atomic E-state index is 11.8. The fourth-order valence-electron chi connectivity index (χ4n) is 3.42. The second kappa shape index (κ2) is 7.05. The van der Waals surface area contributed by atoms with Gasteiger partial charge in [-0.05, 0) is 36.9 Å². The van der Waals surface area contributed by atoms with E-state index >= 15 is 0 Å². The van der Waals surface area contributed by atoms with Crippen LogP contribution >= 0.6 is 0 Å². The van der Waals surface area contributed by atoms with Gasteiger partial charge in [0.15, 0.2) is 0 Å². The van der Waals surface area contributed by atoms with E-state index in [1.807, 2.05) is 12.1 Å². The van der Waals surface area contributed by atoms with Crippen molar-refractivity contribution in [3.63, 3.8) is 0 Å². The third-order valence-electron chi connectivity index (χ3n) is 4.36. The SMILES string of the molecule is CCCC1(C(=O)O)CCCN1Cc1cccc(COC)c1. The molecule has 1 atom stereocenters. The molecule has 0 aromatic heterocycles. The molecular formula is C17H25NO3. The Labute approximate surface area is 126 Å². The van der Waals surface area contributed by atoms with E-state index in [1.54, 1.807) is 7.11 Å². The smallest absolute Gasteiger partial charge is 0.324 e. The van der Waals surface area contributed by atoms with E-state index in [0.29, 0.717) is 13.2 Å². The molecule has 4 heteroatoms. The molecule has 0 saturated carbocycles. The number of likely N-dealkylation sites (tertiary alicyclic amines) is 1. The maximum Gasteiger partial charge on any atom is 0.324 e. The Kier molecular flexibility index (Phi) is 5.37. The van der Waals surface area contributed by atoms with Crippen molar-refractivity contribution in [1.29, 1.82) is 0 Å². The Balaban J connectivity index is 2.17. The molecule has 0 amide bonds. The largest absolute Gasteiger partial charge is 0.480 e. The summed E-state index contributed by atoms with van der Waals surface area (Å²) in [6.45, 7) is 4.21. The van der Waals surface area contributed by atoms with Gasteiger partial charge < -0.3 is 9.84 Å². The van der Waals surface area contributed by atoms with Gasteiger partial charge in [0.25, 0.3) is 0 Å². The summed E-state index contributed by atoms with van der Waals surface area (Å²) in [6.07, 6.45) is 3.34. The molecule has 1 saturated heterocycles. The number of rotatable bonds is 7. The number of aliphatic carboxylic acids is 1. The van der Waals surface area contributed by atoms with Crippen LogP contribution in [0.3, 0.4) is 0 Å². The van der Waals surface area contributed by atoms with Crippen LogP contribution in [-0.4, -0.2) is 35.2 Å². The zero-order valence-corrected chi connectivity index (χ0v) is 13.0. The number of nitrogens with zero attached hydrogens (tertiary/aromatic N) is 1. The third-order valence-corrected chi connectivity index (χ3v) is 4.36. The Bertz CT molecular complexity index is 489. The summed E-state index contributed by atoms with van der Waals surface area (Å²) in [6, 6.07) is 8.23. The molecule has 2 rings (SSSR count). The minimum absolute atomic E-state index is 0.590. The first-order chi connectivity index (χ1) is 10.1. The summed E-state index contributed by atoms with van der Waals surface area (Å²) in [4.78, 5) is 14.0. The second-order valence-electron chi connectivity index (χ2n) is 5.86. The van der Waals surface area contributed by atoms with E-state index in [2.05, 4.69) is 24.0 Å². The Morgan fingerprint density at radius 3 is 2.86 bits per heavy atom. The Morgan fingerprint density at radius 2 is 2.19 bits per heavy atom. The molecule has 4 nitrogen and oxygen atoms in total. The van der Waals surface area contributed by atoms with Gasteiger partial charge in [-0.1, -0.05) is 37.6 Å². The van der Waals surface area contributed by atoms with Gasteiger partial charge in [0.05, 0.1) is 6.61 Å². The monoisotopic (exact) mass is 291 g/mol. The van der Waals surface area contributed by atoms with E-state index in [-0.39, 0.29) is 0 Å². The van der Waals surface area contributed by atoms with Gasteiger partial charge in [-0.2, -0.15) is 0 Å². The molecule has 1 aromatic carbocycles. The standard InChI is InChI=1S/C17H25NO3/c1-3-8-17(16(19)20)9-5-10-18(17)12-14-6-4-7-15(11-14)13-21-2/h4,6-7,11H,3,5,8-10,12-13H2,1-2H3,(H,19,20). The van der Waals surface area contributed by atoms with Crippen molar-refractivity contribution < 1.29 is 14.6 Å². The molecule has 1 N–H and O–H groups in total. The Hall–Kier alpha value is -1.39. The molecule has 0 radical (unpaired) electrons. The molecule has 0 bridgehead atoms. The minimum atomic E-state index is -0.675. The number of benzene rings is 1. The van der Waals surface area contributed by atoms with Gasteiger partial charge in [0, 0.05) is 13.7 Å². The zero-order valence-electron chi connectivity index (χ0n) is 13.0. The molecule has 1 unspecified atom stereocenters. The van der Waals surface area contributed by atoms with Crippen molar-refractivity contribution in [3.05, 3.63) is 35.4 Å². The average Bonchev–Trinajstić information content (AvgIpc) is 2.84. The first-order valence-electron chi connectivity index (χ1n) is 7.67. The summed E-state index contributed by atoms with van der Waals surface area (Å²) in [5, 5.41) is 9.72.